The molecule has 0 saturated carbocycles. The molecule has 164 valence electrons. The summed E-state index contributed by atoms with van der Waals surface area (Å²) in [5, 5.41) is 2.82. The Morgan fingerprint density at radius 1 is 1.10 bits per heavy atom. The summed E-state index contributed by atoms with van der Waals surface area (Å²) in [7, 11) is -0.586. The zero-order valence-corrected chi connectivity index (χ0v) is 18.9. The van der Waals surface area contributed by atoms with E-state index in [-0.39, 0.29) is 13.2 Å². The molecule has 1 fully saturated rings. The van der Waals surface area contributed by atoms with E-state index in [2.05, 4.69) is 5.32 Å². The molecule has 6 nitrogen and oxygen atoms in total. The zero-order valence-electron chi connectivity index (χ0n) is 18.9. The van der Waals surface area contributed by atoms with Crippen molar-refractivity contribution < 1.29 is 18.8 Å². The number of aryl methyl sites for hydroxylation is 1. The van der Waals surface area contributed by atoms with E-state index in [0.29, 0.717) is 0 Å². The zero-order chi connectivity index (χ0) is 22.6. The first-order valence-electron chi connectivity index (χ1n) is 10.4. The Hall–Kier alpha value is -2.77. The maximum Gasteiger partial charge on any atom is 0.492 e. The van der Waals surface area contributed by atoms with Crippen LogP contribution in [-0.2, 0) is 20.7 Å². The second-order valence-corrected chi connectivity index (χ2v) is 8.84. The lowest BCUT2D eigenvalue weighted by molar-refractivity contribution is 0.00578. The summed E-state index contributed by atoms with van der Waals surface area (Å²) in [6, 6.07) is 15.3. The van der Waals surface area contributed by atoms with Crippen LogP contribution in [0.25, 0.3) is 6.08 Å². The van der Waals surface area contributed by atoms with E-state index in [1.807, 2.05) is 89.2 Å². The fraction of sp³-hybridized carbons (Fsp3) is 0.375. The minimum atomic E-state index is -0.586. The smallest absolute Gasteiger partial charge is 0.445 e. The molecule has 0 radical (unpaired) electrons. The van der Waals surface area contributed by atoms with E-state index in [0.717, 1.165) is 27.9 Å². The minimum absolute atomic E-state index is 0.208. The summed E-state index contributed by atoms with van der Waals surface area (Å²) in [6.45, 7) is 10.4. The molecular formula is C24H31BN2O4. The molecule has 0 atom stereocenters. The van der Waals surface area contributed by atoms with Gasteiger partial charge in [0.2, 0.25) is 0 Å². The summed E-state index contributed by atoms with van der Waals surface area (Å²) in [4.78, 5) is 12.3. The number of amides is 1. The average molecular weight is 422 g/mol. The van der Waals surface area contributed by atoms with Crippen molar-refractivity contribution in [3.8, 4) is 0 Å². The number of nitrogens with one attached hydrogen (secondary N) is 1. The van der Waals surface area contributed by atoms with Crippen molar-refractivity contribution >= 4 is 25.0 Å². The van der Waals surface area contributed by atoms with Gasteiger partial charge in [0.05, 0.1) is 11.2 Å². The third-order valence-corrected chi connectivity index (χ3v) is 5.85. The molecule has 31 heavy (non-hydrogen) atoms. The number of nitrogens with two attached hydrogens (primary N) is 1. The fourth-order valence-electron chi connectivity index (χ4n) is 3.15. The molecule has 0 unspecified atom stereocenters. The van der Waals surface area contributed by atoms with Crippen LogP contribution in [0.2, 0.25) is 0 Å². The van der Waals surface area contributed by atoms with E-state index >= 15 is 0 Å². The Morgan fingerprint density at radius 2 is 1.74 bits per heavy atom. The molecule has 2 aromatic rings. The van der Waals surface area contributed by atoms with Crippen LogP contribution in [0, 0.1) is 6.92 Å². The fourth-order valence-corrected chi connectivity index (χ4v) is 3.15. The standard InChI is InChI=1S/C24H31BN2O4/c1-17-13-19(11-12-21(17)26)14-20(25-30-23(2,3)24(4,5)31-25)15-27-22(28)29-16-18-9-7-6-8-10-18/h6-14H,15-16,26H2,1-5H3,(H,27,28). The van der Waals surface area contributed by atoms with Crippen LogP contribution >= 0.6 is 0 Å². The molecule has 1 aliphatic rings. The molecule has 3 N–H and O–H groups in total. The van der Waals surface area contributed by atoms with Crippen molar-refractivity contribution in [2.45, 2.75) is 52.4 Å². The maximum absolute atomic E-state index is 12.3. The molecule has 0 aromatic heterocycles. The molecule has 1 aliphatic heterocycles. The summed E-state index contributed by atoms with van der Waals surface area (Å²) < 4.78 is 17.7. The van der Waals surface area contributed by atoms with Crippen LogP contribution < -0.4 is 11.1 Å². The van der Waals surface area contributed by atoms with Crippen molar-refractivity contribution in [1.29, 1.82) is 0 Å². The van der Waals surface area contributed by atoms with Gasteiger partial charge in [0.15, 0.2) is 0 Å². The third kappa shape index (κ3) is 5.68. The second-order valence-electron chi connectivity index (χ2n) is 8.84. The lowest BCUT2D eigenvalue weighted by Gasteiger charge is -2.32. The van der Waals surface area contributed by atoms with Crippen molar-refractivity contribution in [2.24, 2.45) is 0 Å². The maximum atomic E-state index is 12.3. The van der Waals surface area contributed by atoms with Gasteiger partial charge in [0, 0.05) is 12.2 Å². The van der Waals surface area contributed by atoms with Gasteiger partial charge < -0.3 is 25.1 Å². The Bertz CT molecular complexity index is 941. The predicted molar refractivity (Wildman–Crippen MR) is 124 cm³/mol. The van der Waals surface area contributed by atoms with Crippen molar-refractivity contribution in [3.05, 3.63) is 70.7 Å². The number of anilines is 1. The van der Waals surface area contributed by atoms with Crippen molar-refractivity contribution in [2.75, 3.05) is 12.3 Å². The van der Waals surface area contributed by atoms with Gasteiger partial charge in [-0.2, -0.15) is 0 Å². The number of hydrogen-bond acceptors (Lipinski definition) is 5. The van der Waals surface area contributed by atoms with E-state index in [4.69, 9.17) is 19.8 Å². The molecule has 2 aromatic carbocycles. The number of carbonyl (C=O) groups excluding carboxylic acids is 1. The number of alkyl carbamates (subject to hydrolysis) is 1. The van der Waals surface area contributed by atoms with Gasteiger partial charge in [-0.05, 0) is 62.8 Å². The highest BCUT2D eigenvalue weighted by Crippen LogP contribution is 2.38. The Balaban J connectivity index is 1.73. The Labute approximate surface area is 184 Å². The van der Waals surface area contributed by atoms with Gasteiger partial charge in [-0.3, -0.25) is 0 Å². The number of ether oxygens (including phenoxy) is 1. The minimum Gasteiger partial charge on any atom is -0.445 e. The SMILES string of the molecule is Cc1cc(C=C(CNC(=O)OCc2ccccc2)B2OC(C)(C)C(C)(C)O2)ccc1N. The van der Waals surface area contributed by atoms with E-state index in [1.165, 1.54) is 0 Å². The first kappa shape index (κ1) is 22.9. The first-order chi connectivity index (χ1) is 14.6. The van der Waals surface area contributed by atoms with Gasteiger partial charge in [-0.15, -0.1) is 0 Å². The molecular weight excluding hydrogens is 391 g/mol. The number of rotatable bonds is 6. The van der Waals surface area contributed by atoms with Gasteiger partial charge in [0.1, 0.15) is 6.61 Å². The van der Waals surface area contributed by atoms with Gasteiger partial charge in [-0.1, -0.05) is 48.5 Å². The molecule has 0 aliphatic carbocycles. The highest BCUT2D eigenvalue weighted by molar-refractivity contribution is 6.56. The lowest BCUT2D eigenvalue weighted by Crippen LogP contribution is -2.41. The van der Waals surface area contributed by atoms with Crippen molar-refractivity contribution in [1.82, 2.24) is 5.32 Å². The summed E-state index contributed by atoms with van der Waals surface area (Å²) >= 11 is 0. The molecule has 1 heterocycles. The van der Waals surface area contributed by atoms with Crippen molar-refractivity contribution in [3.63, 3.8) is 0 Å². The molecule has 0 spiro atoms. The number of nitrogen functional groups attached to an aromatic ring is 1. The quantitative estimate of drug-likeness (QED) is 0.529. The highest BCUT2D eigenvalue weighted by atomic mass is 16.7. The van der Waals surface area contributed by atoms with Gasteiger partial charge >= 0.3 is 13.2 Å². The van der Waals surface area contributed by atoms with Crippen LogP contribution in [0.4, 0.5) is 10.5 Å². The number of hydrogen-bond donors (Lipinski definition) is 2. The number of carbonyl (C=O) groups is 1. The van der Waals surface area contributed by atoms with Gasteiger partial charge in [-0.25, -0.2) is 4.79 Å². The molecule has 3 rings (SSSR count). The van der Waals surface area contributed by atoms with Crippen LogP contribution in [0.1, 0.15) is 44.4 Å². The normalized spacial score (nSPS) is 17.5. The summed E-state index contributed by atoms with van der Waals surface area (Å²) in [5.41, 5.74) is 9.37. The molecule has 7 heteroatoms. The van der Waals surface area contributed by atoms with Crippen LogP contribution in [0.3, 0.4) is 0 Å². The monoisotopic (exact) mass is 422 g/mol. The van der Waals surface area contributed by atoms with E-state index in [1.54, 1.807) is 0 Å². The first-order valence-corrected chi connectivity index (χ1v) is 10.4. The van der Waals surface area contributed by atoms with E-state index in [9.17, 15) is 4.79 Å². The topological polar surface area (TPSA) is 82.8 Å². The Morgan fingerprint density at radius 3 is 2.35 bits per heavy atom. The molecule has 0 bridgehead atoms. The summed E-state index contributed by atoms with van der Waals surface area (Å²) in [6.07, 6.45) is 1.46. The second kappa shape index (κ2) is 9.16. The largest absolute Gasteiger partial charge is 0.492 e. The van der Waals surface area contributed by atoms with Crippen LogP contribution in [0.15, 0.2) is 54.0 Å². The predicted octanol–water partition coefficient (Wildman–Crippen LogP) is 4.52. The lowest BCUT2D eigenvalue weighted by atomic mass is 9.77. The van der Waals surface area contributed by atoms with E-state index < -0.39 is 24.4 Å². The Kier molecular flexibility index (Phi) is 6.77. The number of benzene rings is 2. The molecule has 1 amide bonds. The summed E-state index contributed by atoms with van der Waals surface area (Å²) in [5.74, 6) is 0. The van der Waals surface area contributed by atoms with Gasteiger partial charge in [0.25, 0.3) is 0 Å². The van der Waals surface area contributed by atoms with Crippen LogP contribution in [-0.4, -0.2) is 31.0 Å². The highest BCUT2D eigenvalue weighted by Gasteiger charge is 2.52. The molecule has 1 saturated heterocycles. The van der Waals surface area contributed by atoms with Crippen LogP contribution in [0.5, 0.6) is 0 Å². The third-order valence-electron chi connectivity index (χ3n) is 5.85. The average Bonchev–Trinajstić information content (AvgIpc) is 2.94.